The minimum absolute atomic E-state index is 0.0976. The van der Waals surface area contributed by atoms with Crippen molar-refractivity contribution in [2.75, 3.05) is 6.61 Å². The highest BCUT2D eigenvalue weighted by Gasteiger charge is 2.00. The second kappa shape index (κ2) is 17.7. The summed E-state index contributed by atoms with van der Waals surface area (Å²) < 4.78 is 4.76. The molecule has 0 radical (unpaired) electrons. The number of esters is 1. The molecule has 0 saturated heterocycles. The van der Waals surface area contributed by atoms with E-state index in [2.05, 4.69) is 25.3 Å². The van der Waals surface area contributed by atoms with E-state index in [1.807, 2.05) is 6.08 Å². The summed E-state index contributed by atoms with van der Waals surface area (Å²) in [6.07, 6.45) is 23.5. The molecule has 0 saturated carbocycles. The van der Waals surface area contributed by atoms with Gasteiger partial charge in [-0.1, -0.05) is 37.7 Å². The summed E-state index contributed by atoms with van der Waals surface area (Å²) in [4.78, 5) is 11.0. The van der Waals surface area contributed by atoms with E-state index in [1.54, 1.807) is 0 Å². The number of terminal acetylenes is 2. The number of allylic oxidation sites excluding steroid dienone is 1. The monoisotopic (exact) mass is 248 g/mol. The van der Waals surface area contributed by atoms with Crippen molar-refractivity contribution in [3.05, 3.63) is 12.7 Å². The average Bonchev–Trinajstić information content (AvgIpc) is 2.41. The van der Waals surface area contributed by atoms with E-state index in [-0.39, 0.29) is 12.6 Å². The molecule has 100 valence electrons. The Hall–Kier alpha value is -1.67. The van der Waals surface area contributed by atoms with E-state index >= 15 is 0 Å². The van der Waals surface area contributed by atoms with Gasteiger partial charge in [-0.05, 0) is 19.3 Å². The number of unbranched alkanes of at least 4 members (excludes halogenated alkanes) is 6. The van der Waals surface area contributed by atoms with Crippen LogP contribution in [-0.2, 0) is 9.53 Å². The molecule has 0 aromatic rings. The second-order valence-corrected chi connectivity index (χ2v) is 3.81. The van der Waals surface area contributed by atoms with Crippen LogP contribution < -0.4 is 0 Å². The summed E-state index contributed by atoms with van der Waals surface area (Å²) in [5, 5.41) is 0. The highest BCUT2D eigenvalue weighted by atomic mass is 16.5. The van der Waals surface area contributed by atoms with Gasteiger partial charge in [0.05, 0.1) is 0 Å². The van der Waals surface area contributed by atoms with Gasteiger partial charge in [0.1, 0.15) is 0 Å². The third-order valence-electron chi connectivity index (χ3n) is 2.36. The zero-order valence-electron chi connectivity index (χ0n) is 11.2. The maximum atomic E-state index is 11.0. The zero-order valence-corrected chi connectivity index (χ0v) is 11.2. The van der Waals surface area contributed by atoms with E-state index in [4.69, 9.17) is 11.2 Å². The summed E-state index contributed by atoms with van der Waals surface area (Å²) >= 11 is 0. The van der Waals surface area contributed by atoms with Crippen LogP contribution in [0.4, 0.5) is 0 Å². The van der Waals surface area contributed by atoms with E-state index in [0.29, 0.717) is 6.42 Å². The molecular weight excluding hydrogens is 224 g/mol. The minimum Gasteiger partial charge on any atom is -0.452 e. The lowest BCUT2D eigenvalue weighted by Crippen LogP contribution is -2.03. The van der Waals surface area contributed by atoms with Gasteiger partial charge in [-0.25, -0.2) is 0 Å². The maximum Gasteiger partial charge on any atom is 0.306 e. The van der Waals surface area contributed by atoms with Crippen molar-refractivity contribution in [1.82, 2.24) is 0 Å². The first-order valence-corrected chi connectivity index (χ1v) is 6.34. The van der Waals surface area contributed by atoms with Gasteiger partial charge in [0.25, 0.3) is 0 Å². The number of ether oxygens (including phenoxy) is 1. The fourth-order valence-electron chi connectivity index (χ4n) is 1.46. The fraction of sp³-hybridized carbons (Fsp3) is 0.562. The van der Waals surface area contributed by atoms with Gasteiger partial charge in [-0.15, -0.1) is 25.8 Å². The molecule has 0 rings (SSSR count). The minimum atomic E-state index is -0.176. The van der Waals surface area contributed by atoms with E-state index in [9.17, 15) is 4.79 Å². The molecule has 0 aromatic carbocycles. The molecule has 0 amide bonds. The van der Waals surface area contributed by atoms with Crippen LogP contribution in [-0.4, -0.2) is 12.6 Å². The molecule has 0 fully saturated rings. The van der Waals surface area contributed by atoms with E-state index in [1.165, 1.54) is 25.7 Å². The Balaban J connectivity index is 0. The highest BCUT2D eigenvalue weighted by Crippen LogP contribution is 2.09. The Morgan fingerprint density at radius 3 is 2.22 bits per heavy atom. The molecular formula is C16H24O2. The van der Waals surface area contributed by atoms with Crippen molar-refractivity contribution in [3.63, 3.8) is 0 Å². The van der Waals surface area contributed by atoms with Crippen molar-refractivity contribution in [3.8, 4) is 25.2 Å². The molecule has 0 N–H and O–H groups in total. The smallest absolute Gasteiger partial charge is 0.306 e. The summed E-state index contributed by atoms with van der Waals surface area (Å²) in [7, 11) is 0. The lowest BCUT2D eigenvalue weighted by atomic mass is 10.1. The predicted octanol–water partition coefficient (Wildman–Crippen LogP) is 3.72. The summed E-state index contributed by atoms with van der Waals surface area (Å²) in [6.45, 7) is 3.78. The quantitative estimate of drug-likeness (QED) is 0.255. The van der Waals surface area contributed by atoms with Crippen LogP contribution in [0.1, 0.15) is 51.4 Å². The van der Waals surface area contributed by atoms with Gasteiger partial charge in [-0.2, -0.15) is 0 Å². The lowest BCUT2D eigenvalue weighted by molar-refractivity contribution is -0.142. The maximum absolute atomic E-state index is 11.0. The van der Waals surface area contributed by atoms with Crippen molar-refractivity contribution in [1.29, 1.82) is 0 Å². The van der Waals surface area contributed by atoms with Crippen molar-refractivity contribution < 1.29 is 9.53 Å². The van der Waals surface area contributed by atoms with Gasteiger partial charge in [0.2, 0.25) is 0 Å². The number of hydrogen-bond donors (Lipinski definition) is 0. The molecule has 0 aliphatic carbocycles. The van der Waals surface area contributed by atoms with Crippen LogP contribution in [0, 0.1) is 25.2 Å². The van der Waals surface area contributed by atoms with Crippen LogP contribution in [0.2, 0.25) is 0 Å². The Morgan fingerprint density at radius 1 is 1.11 bits per heavy atom. The predicted molar refractivity (Wildman–Crippen MR) is 76.8 cm³/mol. The van der Waals surface area contributed by atoms with Crippen LogP contribution in [0.5, 0.6) is 0 Å². The Kier molecular flexibility index (Phi) is 18.4. The lowest BCUT2D eigenvalue weighted by Gasteiger charge is -2.01. The number of carbonyl (C=O) groups excluding carboxylic acids is 1. The Labute approximate surface area is 112 Å². The summed E-state index contributed by atoms with van der Waals surface area (Å²) in [6, 6.07) is 0. The molecule has 0 spiro atoms. The normalized spacial score (nSPS) is 8.50. The first kappa shape index (κ1) is 18.7. The van der Waals surface area contributed by atoms with Crippen LogP contribution in [0.15, 0.2) is 12.7 Å². The van der Waals surface area contributed by atoms with Gasteiger partial charge in [0, 0.05) is 6.42 Å². The zero-order chi connectivity index (χ0) is 14.1. The van der Waals surface area contributed by atoms with Crippen molar-refractivity contribution in [2.45, 2.75) is 51.4 Å². The standard InChI is InChI=1S/C14H22O2.C2H2/c1-3-5-6-7-8-9-10-11-12-14(15)16-13-4-2;1-2/h2-3H,1,5-13H2;1-2H. The van der Waals surface area contributed by atoms with Crippen LogP contribution >= 0.6 is 0 Å². The molecule has 0 aliphatic heterocycles. The molecule has 0 aromatic heterocycles. The largest absolute Gasteiger partial charge is 0.452 e. The first-order chi connectivity index (χ1) is 8.81. The average molecular weight is 248 g/mol. The molecule has 18 heavy (non-hydrogen) atoms. The molecule has 0 aliphatic rings. The third-order valence-corrected chi connectivity index (χ3v) is 2.36. The molecule has 0 atom stereocenters. The fourth-order valence-corrected chi connectivity index (χ4v) is 1.46. The third kappa shape index (κ3) is 16.7. The summed E-state index contributed by atoms with van der Waals surface area (Å²) in [5.74, 6) is 2.10. The van der Waals surface area contributed by atoms with Gasteiger partial charge in [-0.3, -0.25) is 4.79 Å². The second-order valence-electron chi connectivity index (χ2n) is 3.81. The summed E-state index contributed by atoms with van der Waals surface area (Å²) in [5.41, 5.74) is 0. The first-order valence-electron chi connectivity index (χ1n) is 6.34. The Bertz CT molecular complexity index is 258. The van der Waals surface area contributed by atoms with E-state index in [0.717, 1.165) is 19.3 Å². The number of hydrogen-bond acceptors (Lipinski definition) is 2. The Morgan fingerprint density at radius 2 is 1.67 bits per heavy atom. The van der Waals surface area contributed by atoms with Gasteiger partial charge >= 0.3 is 5.97 Å². The molecule has 2 heteroatoms. The van der Waals surface area contributed by atoms with Gasteiger partial charge < -0.3 is 4.74 Å². The van der Waals surface area contributed by atoms with Crippen LogP contribution in [0.25, 0.3) is 0 Å². The molecule has 0 unspecified atom stereocenters. The van der Waals surface area contributed by atoms with Crippen molar-refractivity contribution >= 4 is 5.97 Å². The molecule has 0 heterocycles. The number of carbonyl (C=O) groups is 1. The molecule has 0 bridgehead atoms. The highest BCUT2D eigenvalue weighted by molar-refractivity contribution is 5.69. The topological polar surface area (TPSA) is 26.3 Å². The SMILES string of the molecule is C#C.C#CCOC(=O)CCCCCCCCC=C. The van der Waals surface area contributed by atoms with E-state index < -0.39 is 0 Å². The molecule has 2 nitrogen and oxygen atoms in total. The van der Waals surface area contributed by atoms with Crippen LogP contribution in [0.3, 0.4) is 0 Å². The number of rotatable bonds is 10. The van der Waals surface area contributed by atoms with Crippen molar-refractivity contribution in [2.24, 2.45) is 0 Å². The van der Waals surface area contributed by atoms with Gasteiger partial charge in [0.15, 0.2) is 6.61 Å².